The highest BCUT2D eigenvalue weighted by Crippen LogP contribution is 2.45. The summed E-state index contributed by atoms with van der Waals surface area (Å²) >= 11 is 0. The first-order chi connectivity index (χ1) is 4.21. The van der Waals surface area contributed by atoms with Crippen LogP contribution in [0.1, 0.15) is 13.3 Å². The molecule has 2 aliphatic heterocycles. The Morgan fingerprint density at radius 2 is 2.00 bits per heavy atom. The van der Waals surface area contributed by atoms with E-state index in [1.165, 1.54) is 6.42 Å². The number of hydrogen-bond donors (Lipinski definition) is 2. The third-order valence-electron chi connectivity index (χ3n) is 3.00. The van der Waals surface area contributed by atoms with E-state index in [9.17, 15) is 5.11 Å². The molecule has 2 heterocycles. The van der Waals surface area contributed by atoms with Gasteiger partial charge in [0.05, 0.1) is 5.60 Å². The summed E-state index contributed by atoms with van der Waals surface area (Å²) in [6.45, 7) is 4.00. The van der Waals surface area contributed by atoms with E-state index >= 15 is 0 Å². The van der Waals surface area contributed by atoms with Crippen LogP contribution in [0, 0.1) is 11.8 Å². The summed E-state index contributed by atoms with van der Waals surface area (Å²) in [7, 11) is 0. The van der Waals surface area contributed by atoms with Crippen molar-refractivity contribution >= 4 is 0 Å². The third-order valence-corrected chi connectivity index (χ3v) is 3.00. The molecule has 3 fully saturated rings. The van der Waals surface area contributed by atoms with Crippen molar-refractivity contribution in [2.45, 2.75) is 18.9 Å². The average molecular weight is 127 g/mol. The molecule has 0 aromatic heterocycles. The number of hydrogen-bond acceptors (Lipinski definition) is 2. The van der Waals surface area contributed by atoms with Crippen LogP contribution >= 0.6 is 0 Å². The average Bonchev–Trinajstić information content (AvgIpc) is 1.89. The number of fused-ring (bicyclic) bond motifs is 2. The lowest BCUT2D eigenvalue weighted by atomic mass is 9.59. The second-order valence-electron chi connectivity index (χ2n) is 3.51. The van der Waals surface area contributed by atoms with Gasteiger partial charge in [-0.2, -0.15) is 0 Å². The predicted octanol–water partition coefficient (Wildman–Crippen LogP) is -0.0233. The van der Waals surface area contributed by atoms with Crippen LogP contribution in [-0.4, -0.2) is 23.8 Å². The zero-order valence-electron chi connectivity index (χ0n) is 5.72. The lowest BCUT2D eigenvalue weighted by Crippen LogP contribution is -2.64. The second kappa shape index (κ2) is 1.50. The van der Waals surface area contributed by atoms with Crippen molar-refractivity contribution in [2.75, 3.05) is 13.1 Å². The van der Waals surface area contributed by atoms with Crippen molar-refractivity contribution in [2.24, 2.45) is 11.8 Å². The summed E-state index contributed by atoms with van der Waals surface area (Å²) in [6.07, 6.45) is 1.24. The first-order valence-corrected chi connectivity index (χ1v) is 3.64. The molecule has 3 aliphatic rings. The lowest BCUT2D eigenvalue weighted by Gasteiger charge is -2.54. The van der Waals surface area contributed by atoms with E-state index in [1.807, 2.05) is 6.92 Å². The second-order valence-corrected chi connectivity index (χ2v) is 3.51. The molecule has 0 aromatic rings. The van der Waals surface area contributed by atoms with Gasteiger partial charge in [-0.3, -0.25) is 0 Å². The highest BCUT2D eigenvalue weighted by atomic mass is 16.3. The summed E-state index contributed by atoms with van der Waals surface area (Å²) in [5.41, 5.74) is -0.328. The van der Waals surface area contributed by atoms with Crippen LogP contribution < -0.4 is 5.32 Å². The SMILES string of the molecule is CC1(O)[C@@H]2CNC[C@H]1C2. The monoisotopic (exact) mass is 127 g/mol. The zero-order chi connectivity index (χ0) is 6.48. The van der Waals surface area contributed by atoms with E-state index in [0.29, 0.717) is 11.8 Å². The Balaban J connectivity index is 2.13. The van der Waals surface area contributed by atoms with Gasteiger partial charge >= 0.3 is 0 Å². The maximum atomic E-state index is 9.65. The molecule has 1 aliphatic carbocycles. The minimum atomic E-state index is -0.328. The van der Waals surface area contributed by atoms with Crippen LogP contribution in [-0.2, 0) is 0 Å². The smallest absolute Gasteiger partial charge is 0.0700 e. The summed E-state index contributed by atoms with van der Waals surface area (Å²) in [5, 5.41) is 12.9. The zero-order valence-corrected chi connectivity index (χ0v) is 5.72. The summed E-state index contributed by atoms with van der Waals surface area (Å²) < 4.78 is 0. The van der Waals surface area contributed by atoms with Gasteiger partial charge < -0.3 is 10.4 Å². The first-order valence-electron chi connectivity index (χ1n) is 3.64. The maximum Gasteiger partial charge on any atom is 0.0700 e. The van der Waals surface area contributed by atoms with Crippen LogP contribution in [0.3, 0.4) is 0 Å². The molecule has 0 radical (unpaired) electrons. The lowest BCUT2D eigenvalue weighted by molar-refractivity contribution is -0.153. The molecule has 0 amide bonds. The van der Waals surface area contributed by atoms with E-state index in [2.05, 4.69) is 5.32 Å². The topological polar surface area (TPSA) is 32.3 Å². The molecule has 0 aromatic carbocycles. The van der Waals surface area contributed by atoms with Gasteiger partial charge in [-0.15, -0.1) is 0 Å². The van der Waals surface area contributed by atoms with E-state index in [-0.39, 0.29) is 5.60 Å². The number of aliphatic hydroxyl groups is 1. The van der Waals surface area contributed by atoms with Gasteiger partial charge in [0.15, 0.2) is 0 Å². The van der Waals surface area contributed by atoms with Crippen LogP contribution in [0.4, 0.5) is 0 Å². The quantitative estimate of drug-likeness (QED) is 0.479. The highest BCUT2D eigenvalue weighted by molar-refractivity contribution is 5.05. The normalized spacial score (nSPS) is 56.7. The van der Waals surface area contributed by atoms with Crippen LogP contribution in [0.25, 0.3) is 0 Å². The molecular weight excluding hydrogens is 114 g/mol. The van der Waals surface area contributed by atoms with Gasteiger partial charge in [0.1, 0.15) is 0 Å². The van der Waals surface area contributed by atoms with Crippen molar-refractivity contribution in [1.29, 1.82) is 0 Å². The molecule has 3 rings (SSSR count). The van der Waals surface area contributed by atoms with Crippen molar-refractivity contribution in [3.05, 3.63) is 0 Å². The third kappa shape index (κ3) is 0.578. The largest absolute Gasteiger partial charge is 0.390 e. The van der Waals surface area contributed by atoms with Gasteiger partial charge in [-0.1, -0.05) is 0 Å². The predicted molar refractivity (Wildman–Crippen MR) is 35.1 cm³/mol. The molecule has 9 heavy (non-hydrogen) atoms. The van der Waals surface area contributed by atoms with E-state index in [0.717, 1.165) is 13.1 Å². The molecule has 2 bridgehead atoms. The van der Waals surface area contributed by atoms with E-state index in [1.54, 1.807) is 0 Å². The number of piperidine rings is 2. The van der Waals surface area contributed by atoms with Crippen LogP contribution in [0.15, 0.2) is 0 Å². The fraction of sp³-hybridized carbons (Fsp3) is 1.00. The van der Waals surface area contributed by atoms with Gasteiger partial charge in [-0.25, -0.2) is 0 Å². The molecule has 2 saturated heterocycles. The van der Waals surface area contributed by atoms with E-state index in [4.69, 9.17) is 0 Å². The molecule has 2 heteroatoms. The molecular formula is C7H13NO. The molecule has 1 unspecified atom stereocenters. The Kier molecular flexibility index (Phi) is 0.945. The molecule has 2 nitrogen and oxygen atoms in total. The Morgan fingerprint density at radius 3 is 2.22 bits per heavy atom. The van der Waals surface area contributed by atoms with Crippen molar-refractivity contribution < 1.29 is 5.11 Å². The Hall–Kier alpha value is -0.0800. The van der Waals surface area contributed by atoms with Crippen molar-refractivity contribution in [1.82, 2.24) is 5.32 Å². The Labute approximate surface area is 55.3 Å². The molecule has 52 valence electrons. The fourth-order valence-electron chi connectivity index (χ4n) is 2.01. The number of nitrogens with one attached hydrogen (secondary N) is 1. The minimum Gasteiger partial charge on any atom is -0.390 e. The van der Waals surface area contributed by atoms with E-state index < -0.39 is 0 Å². The van der Waals surface area contributed by atoms with Crippen LogP contribution in [0.2, 0.25) is 0 Å². The van der Waals surface area contributed by atoms with Crippen molar-refractivity contribution in [3.63, 3.8) is 0 Å². The Bertz CT molecular complexity index is 117. The standard InChI is InChI=1S/C7H13NO/c1-7(9)5-2-6(7)4-8-3-5/h5-6,8-9H,2-4H2,1H3/t5-,6+,7?. The first kappa shape index (κ1) is 5.69. The highest BCUT2D eigenvalue weighted by Gasteiger charge is 2.52. The summed E-state index contributed by atoms with van der Waals surface area (Å²) in [4.78, 5) is 0. The summed E-state index contributed by atoms with van der Waals surface area (Å²) in [5.74, 6) is 1.08. The molecule has 2 N–H and O–H groups in total. The maximum absolute atomic E-state index is 9.65. The number of rotatable bonds is 0. The van der Waals surface area contributed by atoms with Gasteiger partial charge in [0.2, 0.25) is 0 Å². The van der Waals surface area contributed by atoms with Crippen molar-refractivity contribution in [3.8, 4) is 0 Å². The van der Waals surface area contributed by atoms with Gasteiger partial charge in [-0.05, 0) is 13.3 Å². The molecule has 3 atom stereocenters. The summed E-state index contributed by atoms with van der Waals surface area (Å²) in [6, 6.07) is 0. The molecule has 0 spiro atoms. The van der Waals surface area contributed by atoms with Gasteiger partial charge in [0, 0.05) is 24.9 Å². The van der Waals surface area contributed by atoms with Gasteiger partial charge in [0.25, 0.3) is 0 Å². The fourth-order valence-corrected chi connectivity index (χ4v) is 2.01. The Morgan fingerprint density at radius 1 is 1.44 bits per heavy atom. The minimum absolute atomic E-state index is 0.328. The van der Waals surface area contributed by atoms with Crippen LogP contribution in [0.5, 0.6) is 0 Å². The molecule has 1 saturated carbocycles.